The Hall–Kier alpha value is -0.680. The van der Waals surface area contributed by atoms with Crippen LogP contribution in [-0.2, 0) is 18.9 Å². The number of allylic oxidation sites excluding steroid dienone is 2. The summed E-state index contributed by atoms with van der Waals surface area (Å²) in [4.78, 5) is 0. The summed E-state index contributed by atoms with van der Waals surface area (Å²) in [5.41, 5.74) is 2.53. The largest absolute Gasteiger partial charge is 0.348 e. The fraction of sp³-hybridized carbons (Fsp3) is 0.789. The van der Waals surface area contributed by atoms with Crippen molar-refractivity contribution in [1.29, 1.82) is 0 Å². The van der Waals surface area contributed by atoms with Crippen molar-refractivity contribution in [2.45, 2.75) is 63.9 Å². The minimum Gasteiger partial charge on any atom is -0.348 e. The van der Waals surface area contributed by atoms with Gasteiger partial charge in [-0.2, -0.15) is 0 Å². The molecule has 0 aromatic heterocycles. The van der Waals surface area contributed by atoms with Crippen molar-refractivity contribution in [2.24, 2.45) is 5.41 Å². The zero-order valence-electron chi connectivity index (χ0n) is 13.9. The van der Waals surface area contributed by atoms with E-state index in [-0.39, 0.29) is 18.0 Å². The van der Waals surface area contributed by atoms with Gasteiger partial charge in [-0.25, -0.2) is 0 Å². The van der Waals surface area contributed by atoms with E-state index in [0.29, 0.717) is 26.4 Å². The van der Waals surface area contributed by atoms with Crippen LogP contribution in [-0.4, -0.2) is 39.0 Å². The van der Waals surface area contributed by atoms with Gasteiger partial charge in [0.2, 0.25) is 0 Å². The molecule has 2 saturated heterocycles. The molecule has 0 unspecified atom stereocenters. The Morgan fingerprint density at radius 1 is 0.652 bits per heavy atom. The summed E-state index contributed by atoms with van der Waals surface area (Å²) in [6, 6.07) is 0. The molecule has 0 saturated carbocycles. The highest BCUT2D eigenvalue weighted by Gasteiger charge is 2.43. The fourth-order valence-electron chi connectivity index (χ4n) is 3.94. The van der Waals surface area contributed by atoms with Crippen LogP contribution in [0.4, 0.5) is 0 Å². The number of rotatable bonds is 2. The summed E-state index contributed by atoms with van der Waals surface area (Å²) in [5, 5.41) is 0. The predicted molar refractivity (Wildman–Crippen MR) is 86.9 cm³/mol. The van der Waals surface area contributed by atoms with E-state index in [1.165, 1.54) is 36.8 Å². The molecule has 2 aliphatic carbocycles. The molecule has 4 nitrogen and oxygen atoms in total. The number of ether oxygens (including phenoxy) is 4. The first-order chi connectivity index (χ1) is 11.3. The van der Waals surface area contributed by atoms with E-state index < -0.39 is 0 Å². The van der Waals surface area contributed by atoms with E-state index in [0.717, 1.165) is 25.7 Å². The quantitative estimate of drug-likeness (QED) is 0.727. The number of hydrogen-bond donors (Lipinski definition) is 0. The SMILES string of the molecule is C1=C(C2OCC3(CO2)COC(C2=CCCCC2)OC3)CCCC1. The first-order valence-electron chi connectivity index (χ1n) is 9.19. The molecule has 4 aliphatic rings. The van der Waals surface area contributed by atoms with Crippen LogP contribution in [0.1, 0.15) is 51.4 Å². The van der Waals surface area contributed by atoms with Crippen molar-refractivity contribution in [3.8, 4) is 0 Å². The molecule has 0 amide bonds. The van der Waals surface area contributed by atoms with E-state index in [4.69, 9.17) is 18.9 Å². The van der Waals surface area contributed by atoms with Gasteiger partial charge in [0.05, 0.1) is 31.8 Å². The zero-order chi connectivity index (χ0) is 15.5. The molecule has 128 valence electrons. The van der Waals surface area contributed by atoms with E-state index in [1.807, 2.05) is 0 Å². The second kappa shape index (κ2) is 7.06. The van der Waals surface area contributed by atoms with Crippen molar-refractivity contribution < 1.29 is 18.9 Å². The van der Waals surface area contributed by atoms with E-state index in [1.54, 1.807) is 0 Å². The first kappa shape index (κ1) is 15.8. The maximum absolute atomic E-state index is 6.03. The Labute approximate surface area is 138 Å². The van der Waals surface area contributed by atoms with Gasteiger partial charge in [0, 0.05) is 0 Å². The van der Waals surface area contributed by atoms with Crippen LogP contribution >= 0.6 is 0 Å². The highest BCUT2D eigenvalue weighted by Crippen LogP contribution is 2.36. The molecule has 0 radical (unpaired) electrons. The molecule has 2 heterocycles. The molecule has 0 N–H and O–H groups in total. The van der Waals surface area contributed by atoms with Gasteiger partial charge in [-0.1, -0.05) is 12.2 Å². The lowest BCUT2D eigenvalue weighted by atomic mass is 9.89. The van der Waals surface area contributed by atoms with Crippen LogP contribution in [0.2, 0.25) is 0 Å². The van der Waals surface area contributed by atoms with Crippen LogP contribution in [0.5, 0.6) is 0 Å². The third-order valence-corrected chi connectivity index (χ3v) is 5.42. The predicted octanol–water partition coefficient (Wildman–Crippen LogP) is 3.72. The highest BCUT2D eigenvalue weighted by atomic mass is 16.7. The van der Waals surface area contributed by atoms with Gasteiger partial charge in [-0.3, -0.25) is 0 Å². The Morgan fingerprint density at radius 2 is 1.09 bits per heavy atom. The average molecular weight is 320 g/mol. The zero-order valence-corrected chi connectivity index (χ0v) is 13.9. The fourth-order valence-corrected chi connectivity index (χ4v) is 3.94. The summed E-state index contributed by atoms with van der Waals surface area (Å²) < 4.78 is 24.1. The third-order valence-electron chi connectivity index (χ3n) is 5.42. The molecule has 2 fully saturated rings. The van der Waals surface area contributed by atoms with Gasteiger partial charge in [-0.05, 0) is 62.5 Å². The summed E-state index contributed by atoms with van der Waals surface area (Å²) in [6.07, 6.45) is 13.9. The van der Waals surface area contributed by atoms with Gasteiger partial charge in [-0.15, -0.1) is 0 Å². The molecule has 0 atom stereocenters. The molecule has 4 rings (SSSR count). The van der Waals surface area contributed by atoms with Gasteiger partial charge < -0.3 is 18.9 Å². The molecular weight excluding hydrogens is 292 g/mol. The van der Waals surface area contributed by atoms with E-state index >= 15 is 0 Å². The number of hydrogen-bond acceptors (Lipinski definition) is 4. The van der Waals surface area contributed by atoms with Crippen molar-refractivity contribution in [2.75, 3.05) is 26.4 Å². The maximum Gasteiger partial charge on any atom is 0.179 e. The van der Waals surface area contributed by atoms with E-state index in [9.17, 15) is 0 Å². The van der Waals surface area contributed by atoms with E-state index in [2.05, 4.69) is 12.2 Å². The molecule has 0 bridgehead atoms. The lowest BCUT2D eigenvalue weighted by molar-refractivity contribution is -0.288. The van der Waals surface area contributed by atoms with Gasteiger partial charge in [0.15, 0.2) is 12.6 Å². The first-order valence-corrected chi connectivity index (χ1v) is 9.19. The molecule has 0 aromatic rings. The molecule has 23 heavy (non-hydrogen) atoms. The van der Waals surface area contributed by atoms with Crippen LogP contribution < -0.4 is 0 Å². The average Bonchev–Trinajstić information content (AvgIpc) is 2.65. The van der Waals surface area contributed by atoms with Crippen molar-refractivity contribution in [3.63, 3.8) is 0 Å². The summed E-state index contributed by atoms with van der Waals surface area (Å²) in [5.74, 6) is 0. The Morgan fingerprint density at radius 3 is 1.43 bits per heavy atom. The second-order valence-corrected chi connectivity index (χ2v) is 7.46. The van der Waals surface area contributed by atoms with Crippen molar-refractivity contribution >= 4 is 0 Å². The third kappa shape index (κ3) is 3.55. The minimum atomic E-state index is -0.139. The summed E-state index contributed by atoms with van der Waals surface area (Å²) in [7, 11) is 0. The monoisotopic (exact) mass is 320 g/mol. The van der Waals surface area contributed by atoms with Gasteiger partial charge in [0.1, 0.15) is 0 Å². The Bertz CT molecular complexity index is 418. The van der Waals surface area contributed by atoms with Gasteiger partial charge >= 0.3 is 0 Å². The molecule has 1 spiro atoms. The summed E-state index contributed by atoms with van der Waals surface area (Å²) in [6.45, 7) is 2.67. The van der Waals surface area contributed by atoms with Crippen molar-refractivity contribution in [3.05, 3.63) is 23.3 Å². The molecule has 4 heteroatoms. The smallest absolute Gasteiger partial charge is 0.179 e. The normalized spacial score (nSPS) is 39.0. The van der Waals surface area contributed by atoms with Gasteiger partial charge in [0.25, 0.3) is 0 Å². The second-order valence-electron chi connectivity index (χ2n) is 7.46. The lowest BCUT2D eigenvalue weighted by Gasteiger charge is -2.44. The summed E-state index contributed by atoms with van der Waals surface area (Å²) >= 11 is 0. The Kier molecular flexibility index (Phi) is 4.86. The molecule has 0 aromatic carbocycles. The Balaban J connectivity index is 1.30. The van der Waals surface area contributed by atoms with Crippen LogP contribution in [0.25, 0.3) is 0 Å². The molecular formula is C19H28O4. The van der Waals surface area contributed by atoms with Crippen molar-refractivity contribution in [1.82, 2.24) is 0 Å². The van der Waals surface area contributed by atoms with Crippen LogP contribution in [0, 0.1) is 5.41 Å². The van der Waals surface area contributed by atoms with Crippen LogP contribution in [0.3, 0.4) is 0 Å². The van der Waals surface area contributed by atoms with Crippen LogP contribution in [0.15, 0.2) is 23.3 Å². The standard InChI is InChI=1S/C19H28O4/c1-3-7-15(8-4-1)17-20-11-19(12-21-17)13-22-18(23-14-19)16-9-5-2-6-10-16/h7,9,17-18H,1-6,8,10-14H2. The minimum absolute atomic E-state index is 0.128. The highest BCUT2D eigenvalue weighted by molar-refractivity contribution is 5.11. The maximum atomic E-state index is 6.03. The molecule has 2 aliphatic heterocycles. The lowest BCUT2D eigenvalue weighted by Crippen LogP contribution is -2.52. The topological polar surface area (TPSA) is 36.9 Å².